The van der Waals surface area contributed by atoms with Crippen LogP contribution in [0.2, 0.25) is 0 Å². The van der Waals surface area contributed by atoms with Crippen molar-refractivity contribution in [1.29, 1.82) is 0 Å². The smallest absolute Gasteiger partial charge is 0.151 e. The molecule has 0 amide bonds. The van der Waals surface area contributed by atoms with Gasteiger partial charge in [0.2, 0.25) is 0 Å². The minimum absolute atomic E-state index is 0.226. The number of methoxy groups -OCH3 is 2. The number of rotatable bonds is 10. The minimum Gasteiger partial charge on any atom is -0.383 e. The van der Waals surface area contributed by atoms with Crippen LogP contribution in [0.1, 0.15) is 19.5 Å². The Bertz CT molecular complexity index is 359. The van der Waals surface area contributed by atoms with E-state index in [-0.39, 0.29) is 6.04 Å². The molecule has 0 aromatic carbocycles. The summed E-state index contributed by atoms with van der Waals surface area (Å²) in [7, 11) is 3.40. The Morgan fingerprint density at radius 3 is 2.60 bits per heavy atom. The van der Waals surface area contributed by atoms with Crippen molar-refractivity contribution in [2.45, 2.75) is 26.4 Å². The molecule has 0 saturated carbocycles. The quantitative estimate of drug-likeness (QED) is 0.693. The fourth-order valence-corrected chi connectivity index (χ4v) is 1.93. The van der Waals surface area contributed by atoms with Crippen LogP contribution < -0.4 is 10.2 Å². The van der Waals surface area contributed by atoms with E-state index >= 15 is 0 Å². The number of anilines is 1. The highest BCUT2D eigenvalue weighted by Gasteiger charge is 2.16. The second-order valence-electron chi connectivity index (χ2n) is 4.65. The van der Waals surface area contributed by atoms with Gasteiger partial charge in [-0.3, -0.25) is 0 Å². The topological polar surface area (TPSA) is 59.5 Å². The molecule has 1 N–H and O–H groups in total. The maximum Gasteiger partial charge on any atom is 0.151 e. The summed E-state index contributed by atoms with van der Waals surface area (Å²) in [4.78, 5) is 2.15. The van der Waals surface area contributed by atoms with Gasteiger partial charge in [-0.15, -0.1) is 5.10 Å². The third-order valence-electron chi connectivity index (χ3n) is 3.03. The molecule has 0 bridgehead atoms. The van der Waals surface area contributed by atoms with Gasteiger partial charge in [0.15, 0.2) is 5.82 Å². The highest BCUT2D eigenvalue weighted by atomic mass is 16.5. The largest absolute Gasteiger partial charge is 0.383 e. The second-order valence-corrected chi connectivity index (χ2v) is 4.65. The van der Waals surface area contributed by atoms with Crippen LogP contribution in [0.25, 0.3) is 0 Å². The van der Waals surface area contributed by atoms with Crippen molar-refractivity contribution in [2.75, 3.05) is 45.4 Å². The zero-order valence-corrected chi connectivity index (χ0v) is 12.9. The van der Waals surface area contributed by atoms with Crippen molar-refractivity contribution in [3.05, 3.63) is 17.8 Å². The van der Waals surface area contributed by atoms with Crippen LogP contribution in [0.3, 0.4) is 0 Å². The molecule has 0 radical (unpaired) electrons. The molecule has 114 valence electrons. The zero-order valence-electron chi connectivity index (χ0n) is 12.9. The molecule has 20 heavy (non-hydrogen) atoms. The molecule has 1 aromatic rings. The molecule has 6 heteroatoms. The molecule has 0 aliphatic heterocycles. The summed E-state index contributed by atoms with van der Waals surface area (Å²) < 4.78 is 10.4. The molecule has 0 saturated heterocycles. The Morgan fingerprint density at radius 1 is 1.25 bits per heavy atom. The molecule has 1 aromatic heterocycles. The Hall–Kier alpha value is -1.24. The van der Waals surface area contributed by atoms with Gasteiger partial charge in [0.1, 0.15) is 0 Å². The summed E-state index contributed by atoms with van der Waals surface area (Å²) >= 11 is 0. The number of nitrogens with zero attached hydrogens (tertiary/aromatic N) is 3. The van der Waals surface area contributed by atoms with Crippen molar-refractivity contribution < 1.29 is 9.47 Å². The lowest BCUT2D eigenvalue weighted by Gasteiger charge is -2.29. The summed E-state index contributed by atoms with van der Waals surface area (Å²) in [6.07, 6.45) is 0. The monoisotopic (exact) mass is 282 g/mol. The van der Waals surface area contributed by atoms with Gasteiger partial charge in [0.25, 0.3) is 0 Å². The number of hydrogen-bond donors (Lipinski definition) is 1. The fourth-order valence-electron chi connectivity index (χ4n) is 1.93. The highest BCUT2D eigenvalue weighted by molar-refractivity contribution is 5.38. The van der Waals surface area contributed by atoms with E-state index in [1.807, 2.05) is 12.1 Å². The van der Waals surface area contributed by atoms with Crippen molar-refractivity contribution in [3.8, 4) is 0 Å². The second kappa shape index (κ2) is 9.63. The molecular weight excluding hydrogens is 256 g/mol. The third kappa shape index (κ3) is 5.40. The van der Waals surface area contributed by atoms with E-state index in [4.69, 9.17) is 9.47 Å². The van der Waals surface area contributed by atoms with Gasteiger partial charge in [0, 0.05) is 27.3 Å². The van der Waals surface area contributed by atoms with Crippen LogP contribution in [0.5, 0.6) is 0 Å². The first kappa shape index (κ1) is 16.8. The predicted octanol–water partition coefficient (Wildman–Crippen LogP) is 1.07. The molecule has 0 fully saturated rings. The standard InChI is InChI=1S/C14H26N4O2/c1-5-15-10-13-6-7-14(17-16-13)18(8-9-19-3)12(2)11-20-4/h6-7,12,15H,5,8-11H2,1-4H3. The first-order chi connectivity index (χ1) is 9.72. The van der Waals surface area contributed by atoms with Crippen LogP contribution in [-0.2, 0) is 16.0 Å². The molecular formula is C14H26N4O2. The van der Waals surface area contributed by atoms with Crippen molar-refractivity contribution in [3.63, 3.8) is 0 Å². The molecule has 1 heterocycles. The lowest BCUT2D eigenvalue weighted by Crippen LogP contribution is -2.39. The summed E-state index contributed by atoms with van der Waals surface area (Å²) in [5.74, 6) is 0.854. The maximum atomic E-state index is 5.22. The lowest BCUT2D eigenvalue weighted by molar-refractivity contribution is 0.170. The predicted molar refractivity (Wildman–Crippen MR) is 80.0 cm³/mol. The maximum absolute atomic E-state index is 5.22. The summed E-state index contributed by atoms with van der Waals surface area (Å²) in [5.41, 5.74) is 0.946. The average Bonchev–Trinajstić information content (AvgIpc) is 2.47. The summed E-state index contributed by atoms with van der Waals surface area (Å²) in [6, 6.07) is 4.23. The molecule has 1 unspecified atom stereocenters. The zero-order chi connectivity index (χ0) is 14.8. The summed E-state index contributed by atoms with van der Waals surface area (Å²) in [5, 5.41) is 11.8. The number of aromatic nitrogens is 2. The van der Waals surface area contributed by atoms with Gasteiger partial charge < -0.3 is 19.7 Å². The van der Waals surface area contributed by atoms with E-state index in [1.165, 1.54) is 0 Å². The lowest BCUT2D eigenvalue weighted by atomic mass is 10.2. The molecule has 6 nitrogen and oxygen atoms in total. The van der Waals surface area contributed by atoms with E-state index in [0.717, 1.165) is 31.1 Å². The normalized spacial score (nSPS) is 12.4. The molecule has 0 spiro atoms. The number of ether oxygens (including phenoxy) is 2. The third-order valence-corrected chi connectivity index (χ3v) is 3.03. The van der Waals surface area contributed by atoms with E-state index in [1.54, 1.807) is 14.2 Å². The molecule has 1 atom stereocenters. The van der Waals surface area contributed by atoms with Gasteiger partial charge >= 0.3 is 0 Å². The fraction of sp³-hybridized carbons (Fsp3) is 0.714. The van der Waals surface area contributed by atoms with Crippen molar-refractivity contribution >= 4 is 5.82 Å². The summed E-state index contributed by atoms with van der Waals surface area (Å²) in [6.45, 7) is 7.90. The van der Waals surface area contributed by atoms with Gasteiger partial charge in [-0.2, -0.15) is 5.10 Å². The first-order valence-electron chi connectivity index (χ1n) is 7.00. The van der Waals surface area contributed by atoms with E-state index in [9.17, 15) is 0 Å². The van der Waals surface area contributed by atoms with Crippen LogP contribution in [0, 0.1) is 0 Å². The van der Waals surface area contributed by atoms with Gasteiger partial charge in [-0.25, -0.2) is 0 Å². The Balaban J connectivity index is 2.73. The molecule has 1 rings (SSSR count). The molecule has 0 aliphatic rings. The Labute approximate surface area is 121 Å². The van der Waals surface area contributed by atoms with Gasteiger partial charge in [-0.1, -0.05) is 6.92 Å². The molecule has 0 aliphatic carbocycles. The van der Waals surface area contributed by atoms with Crippen LogP contribution in [0.15, 0.2) is 12.1 Å². The van der Waals surface area contributed by atoms with E-state index in [2.05, 4.69) is 34.3 Å². The SMILES string of the molecule is CCNCc1ccc(N(CCOC)C(C)COC)nn1. The van der Waals surface area contributed by atoms with E-state index in [0.29, 0.717) is 13.2 Å². The van der Waals surface area contributed by atoms with Crippen LogP contribution in [0.4, 0.5) is 5.82 Å². The van der Waals surface area contributed by atoms with Crippen LogP contribution in [-0.4, -0.2) is 56.8 Å². The van der Waals surface area contributed by atoms with Gasteiger partial charge in [-0.05, 0) is 25.6 Å². The van der Waals surface area contributed by atoms with Crippen LogP contribution >= 0.6 is 0 Å². The Kier molecular flexibility index (Phi) is 8.10. The minimum atomic E-state index is 0.226. The van der Waals surface area contributed by atoms with Crippen molar-refractivity contribution in [2.24, 2.45) is 0 Å². The van der Waals surface area contributed by atoms with E-state index < -0.39 is 0 Å². The highest BCUT2D eigenvalue weighted by Crippen LogP contribution is 2.13. The first-order valence-corrected chi connectivity index (χ1v) is 7.00. The number of nitrogens with one attached hydrogen (secondary N) is 1. The number of hydrogen-bond acceptors (Lipinski definition) is 6. The van der Waals surface area contributed by atoms with Gasteiger partial charge in [0.05, 0.1) is 24.9 Å². The Morgan fingerprint density at radius 2 is 2.05 bits per heavy atom. The average molecular weight is 282 g/mol. The van der Waals surface area contributed by atoms with Crippen molar-refractivity contribution in [1.82, 2.24) is 15.5 Å².